The number of hydrogen-bond donors (Lipinski definition) is 2. The molecule has 0 saturated carbocycles. The minimum Gasteiger partial charge on any atom is -0.461 e. The van der Waals surface area contributed by atoms with Crippen molar-refractivity contribution < 1.29 is 19.1 Å². The fourth-order valence-electron chi connectivity index (χ4n) is 2.96. The molecule has 0 fully saturated rings. The molecule has 10 heteroatoms. The Hall–Kier alpha value is -1.86. The lowest BCUT2D eigenvalue weighted by Gasteiger charge is -2.09. The summed E-state index contributed by atoms with van der Waals surface area (Å²) in [5.41, 5.74) is 1.09. The van der Waals surface area contributed by atoms with E-state index in [9.17, 15) is 9.59 Å². The number of ether oxygens (including phenoxy) is 2. The van der Waals surface area contributed by atoms with Crippen molar-refractivity contribution in [3.63, 3.8) is 0 Å². The monoisotopic (exact) mass is 534 g/mol. The molecule has 2 rings (SSSR count). The molecule has 0 aliphatic heterocycles. The molecule has 0 aliphatic rings. The van der Waals surface area contributed by atoms with Gasteiger partial charge >= 0.3 is 0 Å². The molecule has 0 spiro atoms. The molecule has 0 unspecified atom stereocenters. The van der Waals surface area contributed by atoms with Crippen LogP contribution >= 0.6 is 46.4 Å². The van der Waals surface area contributed by atoms with Crippen LogP contribution in [0.15, 0.2) is 48.5 Å². The van der Waals surface area contributed by atoms with Crippen LogP contribution in [-0.4, -0.2) is 34.9 Å². The van der Waals surface area contributed by atoms with Crippen LogP contribution in [0.4, 0.5) is 0 Å². The molecular weight excluding hydrogens is 510 g/mol. The fraction of sp³-hybridized carbons (Fsp3) is 0.391. The third-order valence-electron chi connectivity index (χ3n) is 4.61. The molecule has 2 aromatic carbocycles. The van der Waals surface area contributed by atoms with Crippen molar-refractivity contribution in [2.75, 3.05) is 13.1 Å². The van der Waals surface area contributed by atoms with Crippen molar-refractivity contribution in [3.05, 3.63) is 59.7 Å². The first-order chi connectivity index (χ1) is 15.8. The smallest absolute Gasteiger partial charge is 0.251 e. The summed E-state index contributed by atoms with van der Waals surface area (Å²) in [7, 11) is 0. The van der Waals surface area contributed by atoms with Crippen molar-refractivity contribution in [1.29, 1.82) is 0 Å². The van der Waals surface area contributed by atoms with Crippen LogP contribution < -0.4 is 20.1 Å². The number of halogens is 4. The van der Waals surface area contributed by atoms with Crippen LogP contribution in [0, 0.1) is 0 Å². The van der Waals surface area contributed by atoms with Crippen molar-refractivity contribution in [3.8, 4) is 11.5 Å². The Bertz CT molecular complexity index is 790. The Balaban J connectivity index is 1.51. The van der Waals surface area contributed by atoms with E-state index in [1.807, 2.05) is 0 Å². The average molecular weight is 536 g/mol. The summed E-state index contributed by atoms with van der Waals surface area (Å²) in [6.45, 7) is 1.21. The van der Waals surface area contributed by atoms with E-state index in [0.717, 1.165) is 32.1 Å². The van der Waals surface area contributed by atoms with Gasteiger partial charge < -0.3 is 20.1 Å². The Labute approximate surface area is 213 Å². The number of amides is 2. The van der Waals surface area contributed by atoms with Gasteiger partial charge in [0.1, 0.15) is 11.5 Å². The SMILES string of the molecule is O=C(NCCCCCCCNC(=O)c1ccc(OC(Cl)Cl)cc1)c1ccc(OC(Cl)Cl)cc1. The van der Waals surface area contributed by atoms with Gasteiger partial charge in [0, 0.05) is 24.2 Å². The van der Waals surface area contributed by atoms with Gasteiger partial charge in [0.05, 0.1) is 0 Å². The van der Waals surface area contributed by atoms with E-state index >= 15 is 0 Å². The summed E-state index contributed by atoms with van der Waals surface area (Å²) >= 11 is 22.2. The maximum Gasteiger partial charge on any atom is 0.251 e. The van der Waals surface area contributed by atoms with Gasteiger partial charge in [0.2, 0.25) is 10.0 Å². The van der Waals surface area contributed by atoms with Crippen LogP contribution in [0.1, 0.15) is 52.8 Å². The summed E-state index contributed by atoms with van der Waals surface area (Å²) in [6.07, 6.45) is 4.80. The van der Waals surface area contributed by atoms with E-state index in [1.54, 1.807) is 48.5 Å². The number of carbonyl (C=O) groups is 2. The Morgan fingerprint density at radius 1 is 0.606 bits per heavy atom. The molecule has 0 saturated heterocycles. The summed E-state index contributed by atoms with van der Waals surface area (Å²) in [4.78, 5) is 24.3. The summed E-state index contributed by atoms with van der Waals surface area (Å²) in [5, 5.41) is 3.89. The predicted octanol–water partition coefficient (Wildman–Crippen LogP) is 6.08. The topological polar surface area (TPSA) is 76.7 Å². The molecule has 0 aliphatic carbocycles. The highest BCUT2D eigenvalue weighted by Gasteiger charge is 2.08. The number of nitrogens with one attached hydrogen (secondary N) is 2. The zero-order valence-electron chi connectivity index (χ0n) is 17.9. The van der Waals surface area contributed by atoms with E-state index < -0.39 is 10.0 Å². The van der Waals surface area contributed by atoms with Gasteiger partial charge in [0.25, 0.3) is 11.8 Å². The third kappa shape index (κ3) is 11.2. The van der Waals surface area contributed by atoms with Crippen LogP contribution in [0.3, 0.4) is 0 Å². The zero-order valence-corrected chi connectivity index (χ0v) is 20.9. The molecule has 0 bridgehead atoms. The summed E-state index contributed by atoms with van der Waals surface area (Å²) < 4.78 is 10.2. The maximum atomic E-state index is 12.1. The van der Waals surface area contributed by atoms with Gasteiger partial charge in [-0.3, -0.25) is 9.59 Å². The number of unbranched alkanes of at least 4 members (excludes halogenated alkanes) is 4. The lowest BCUT2D eigenvalue weighted by Crippen LogP contribution is -2.24. The van der Waals surface area contributed by atoms with Crippen molar-refractivity contribution in [1.82, 2.24) is 10.6 Å². The molecule has 0 heterocycles. The van der Waals surface area contributed by atoms with Crippen LogP contribution in [-0.2, 0) is 0 Å². The molecule has 33 heavy (non-hydrogen) atoms. The van der Waals surface area contributed by atoms with Crippen LogP contribution in [0.5, 0.6) is 11.5 Å². The highest BCUT2D eigenvalue weighted by molar-refractivity contribution is 6.43. The van der Waals surface area contributed by atoms with Gasteiger partial charge in [-0.15, -0.1) is 0 Å². The molecule has 0 radical (unpaired) electrons. The van der Waals surface area contributed by atoms with Crippen molar-refractivity contribution in [2.45, 2.75) is 42.1 Å². The lowest BCUT2D eigenvalue weighted by atomic mass is 10.1. The zero-order chi connectivity index (χ0) is 24.1. The van der Waals surface area contributed by atoms with Gasteiger partial charge in [-0.2, -0.15) is 0 Å². The molecule has 0 aromatic heterocycles. The summed E-state index contributed by atoms with van der Waals surface area (Å²) in [6, 6.07) is 13.2. The molecule has 6 nitrogen and oxygen atoms in total. The number of hydrogen-bond acceptors (Lipinski definition) is 4. The van der Waals surface area contributed by atoms with E-state index in [0.29, 0.717) is 35.7 Å². The Kier molecular flexibility index (Phi) is 12.5. The minimum absolute atomic E-state index is 0.137. The predicted molar refractivity (Wildman–Crippen MR) is 133 cm³/mol. The first-order valence-electron chi connectivity index (χ1n) is 10.5. The number of alkyl halides is 4. The van der Waals surface area contributed by atoms with Crippen molar-refractivity contribution in [2.24, 2.45) is 0 Å². The first kappa shape index (κ1) is 27.4. The molecule has 2 N–H and O–H groups in total. The van der Waals surface area contributed by atoms with Crippen molar-refractivity contribution >= 4 is 58.2 Å². The number of rotatable bonds is 14. The maximum absolute atomic E-state index is 12.1. The quantitative estimate of drug-likeness (QED) is 0.227. The minimum atomic E-state index is -0.949. The lowest BCUT2D eigenvalue weighted by molar-refractivity contribution is 0.0945. The average Bonchev–Trinajstić information content (AvgIpc) is 2.78. The number of carbonyl (C=O) groups excluding carboxylic acids is 2. The second-order valence-electron chi connectivity index (χ2n) is 7.09. The van der Waals surface area contributed by atoms with E-state index in [-0.39, 0.29) is 11.8 Å². The normalized spacial score (nSPS) is 10.8. The van der Waals surface area contributed by atoms with Gasteiger partial charge in [0.15, 0.2) is 0 Å². The van der Waals surface area contributed by atoms with Gasteiger partial charge in [-0.25, -0.2) is 0 Å². The third-order valence-corrected chi connectivity index (χ3v) is 4.96. The molecule has 0 atom stereocenters. The fourth-order valence-corrected chi connectivity index (χ4v) is 3.38. The molecule has 180 valence electrons. The highest BCUT2D eigenvalue weighted by atomic mass is 35.5. The Morgan fingerprint density at radius 2 is 0.939 bits per heavy atom. The van der Waals surface area contributed by atoms with Gasteiger partial charge in [-0.1, -0.05) is 65.7 Å². The second kappa shape index (κ2) is 15.1. The van der Waals surface area contributed by atoms with E-state index in [4.69, 9.17) is 55.9 Å². The molecular formula is C23H26Cl4N2O4. The second-order valence-corrected chi connectivity index (χ2v) is 9.12. The largest absolute Gasteiger partial charge is 0.461 e. The highest BCUT2D eigenvalue weighted by Crippen LogP contribution is 2.18. The molecule has 2 amide bonds. The van der Waals surface area contributed by atoms with E-state index in [2.05, 4.69) is 10.6 Å². The van der Waals surface area contributed by atoms with E-state index in [1.165, 1.54) is 0 Å². The molecule has 2 aromatic rings. The standard InChI is InChI=1S/C23H26Cl4N2O4/c24-22(25)32-18-10-6-16(7-11-18)20(30)28-14-4-2-1-3-5-15-29-21(31)17-8-12-19(13-9-17)33-23(26)27/h6-13,22-23H,1-5,14-15H2,(H,28,30)(H,29,31). The Morgan fingerprint density at radius 3 is 1.27 bits per heavy atom. The first-order valence-corrected chi connectivity index (χ1v) is 12.3. The summed E-state index contributed by atoms with van der Waals surface area (Å²) in [5.74, 6) is 0.722. The number of benzene rings is 2. The van der Waals surface area contributed by atoms with Crippen LogP contribution in [0.25, 0.3) is 0 Å². The van der Waals surface area contributed by atoms with Gasteiger partial charge in [-0.05, 0) is 61.4 Å². The van der Waals surface area contributed by atoms with Crippen LogP contribution in [0.2, 0.25) is 0 Å².